The molecule has 0 radical (unpaired) electrons. The Kier molecular flexibility index (Phi) is 3.40. The number of rotatable bonds is 5. The van der Waals surface area contributed by atoms with Crippen molar-refractivity contribution in [1.29, 1.82) is 0 Å². The molecule has 17 heavy (non-hydrogen) atoms. The summed E-state index contributed by atoms with van der Waals surface area (Å²) in [5.41, 5.74) is 0.493. The summed E-state index contributed by atoms with van der Waals surface area (Å²) in [5.74, 6) is 0.902. The fraction of sp³-hybridized carbons (Fsp3) is 0.400. The molecule has 7 heteroatoms. The molecule has 1 aromatic rings. The van der Waals surface area contributed by atoms with Crippen LogP contribution in [0.25, 0.3) is 0 Å². The number of ether oxygens (including phenoxy) is 2. The van der Waals surface area contributed by atoms with Gasteiger partial charge in [-0.05, 0) is 6.07 Å². The Morgan fingerprint density at radius 1 is 1.41 bits per heavy atom. The fourth-order valence-corrected chi connectivity index (χ4v) is 1.59. The second kappa shape index (κ2) is 4.98. The van der Waals surface area contributed by atoms with Crippen LogP contribution in [0.2, 0.25) is 0 Å². The summed E-state index contributed by atoms with van der Waals surface area (Å²) in [6.07, 6.45) is 0. The van der Waals surface area contributed by atoms with E-state index in [-0.39, 0.29) is 19.1 Å². The molecule has 0 atom stereocenters. The Balaban J connectivity index is 2.25. The first-order valence-corrected chi connectivity index (χ1v) is 5.11. The van der Waals surface area contributed by atoms with E-state index in [4.69, 9.17) is 14.6 Å². The molecule has 0 bridgehead atoms. The molecule has 0 fully saturated rings. The minimum atomic E-state index is -0.460. The van der Waals surface area contributed by atoms with Crippen LogP contribution in [0, 0.1) is 10.1 Å². The first kappa shape index (κ1) is 11.6. The number of fused-ring (bicyclic) bond motifs is 1. The highest BCUT2D eigenvalue weighted by Gasteiger charge is 2.22. The lowest BCUT2D eigenvalue weighted by Crippen LogP contribution is -2.18. The fourth-order valence-electron chi connectivity index (χ4n) is 1.59. The standard InChI is InChI=1S/C10H12N2O5/c13-2-1-11-5-7-3-9-10(17-6-16-9)4-8(7)12(14)15/h3-4,11,13H,1-2,5-6H2. The molecule has 1 heterocycles. The van der Waals surface area contributed by atoms with Crippen molar-refractivity contribution in [2.75, 3.05) is 19.9 Å². The van der Waals surface area contributed by atoms with Crippen LogP contribution in [0.1, 0.15) is 5.56 Å². The van der Waals surface area contributed by atoms with E-state index in [0.717, 1.165) is 0 Å². The number of aliphatic hydroxyl groups is 1. The molecule has 0 unspecified atom stereocenters. The van der Waals surface area contributed by atoms with Crippen LogP contribution in [-0.4, -0.2) is 30.0 Å². The van der Waals surface area contributed by atoms with Gasteiger partial charge in [0, 0.05) is 18.7 Å². The van der Waals surface area contributed by atoms with Crippen molar-refractivity contribution in [3.63, 3.8) is 0 Å². The van der Waals surface area contributed by atoms with Crippen LogP contribution in [0.3, 0.4) is 0 Å². The predicted molar refractivity (Wildman–Crippen MR) is 58.0 cm³/mol. The van der Waals surface area contributed by atoms with Crippen LogP contribution >= 0.6 is 0 Å². The average molecular weight is 240 g/mol. The smallest absolute Gasteiger partial charge is 0.277 e. The highest BCUT2D eigenvalue weighted by atomic mass is 16.7. The third kappa shape index (κ3) is 2.45. The van der Waals surface area contributed by atoms with E-state index in [0.29, 0.717) is 30.2 Å². The summed E-state index contributed by atoms with van der Waals surface area (Å²) in [6.45, 7) is 0.747. The summed E-state index contributed by atoms with van der Waals surface area (Å²) < 4.78 is 10.2. The quantitative estimate of drug-likeness (QED) is 0.439. The minimum Gasteiger partial charge on any atom is -0.454 e. The molecule has 0 saturated heterocycles. The van der Waals surface area contributed by atoms with Gasteiger partial charge in [-0.25, -0.2) is 0 Å². The van der Waals surface area contributed by atoms with Crippen LogP contribution in [0.4, 0.5) is 5.69 Å². The molecule has 0 spiro atoms. The van der Waals surface area contributed by atoms with Crippen molar-refractivity contribution in [1.82, 2.24) is 5.32 Å². The number of nitrogens with zero attached hydrogens (tertiary/aromatic N) is 1. The van der Waals surface area contributed by atoms with E-state index < -0.39 is 4.92 Å². The molecule has 92 valence electrons. The number of nitro benzene ring substituents is 1. The van der Waals surface area contributed by atoms with Crippen molar-refractivity contribution in [3.8, 4) is 11.5 Å². The van der Waals surface area contributed by atoms with Gasteiger partial charge >= 0.3 is 0 Å². The van der Waals surface area contributed by atoms with Gasteiger partial charge in [-0.2, -0.15) is 0 Å². The first-order chi connectivity index (χ1) is 8.22. The van der Waals surface area contributed by atoms with Gasteiger partial charge in [-0.1, -0.05) is 0 Å². The molecule has 1 aromatic carbocycles. The monoisotopic (exact) mass is 240 g/mol. The van der Waals surface area contributed by atoms with Crippen molar-refractivity contribution < 1.29 is 19.5 Å². The molecule has 1 aliphatic heterocycles. The minimum absolute atomic E-state index is 0.0142. The van der Waals surface area contributed by atoms with Crippen LogP contribution in [0.5, 0.6) is 11.5 Å². The van der Waals surface area contributed by atoms with E-state index in [9.17, 15) is 10.1 Å². The average Bonchev–Trinajstić information content (AvgIpc) is 2.75. The van der Waals surface area contributed by atoms with Gasteiger partial charge in [0.15, 0.2) is 11.5 Å². The lowest BCUT2D eigenvalue weighted by Gasteiger charge is -2.05. The van der Waals surface area contributed by atoms with E-state index in [2.05, 4.69) is 5.32 Å². The van der Waals surface area contributed by atoms with Crippen molar-refractivity contribution in [2.24, 2.45) is 0 Å². The molecule has 2 rings (SSSR count). The zero-order valence-corrected chi connectivity index (χ0v) is 9.01. The van der Waals surface area contributed by atoms with Crippen molar-refractivity contribution >= 4 is 5.69 Å². The Labute approximate surface area is 97.1 Å². The Bertz CT molecular complexity index is 435. The second-order valence-corrected chi connectivity index (χ2v) is 3.49. The van der Waals surface area contributed by atoms with Crippen LogP contribution in [-0.2, 0) is 6.54 Å². The third-order valence-corrected chi connectivity index (χ3v) is 2.37. The number of nitro groups is 1. The van der Waals surface area contributed by atoms with Crippen molar-refractivity contribution in [2.45, 2.75) is 6.54 Å². The number of nitrogens with one attached hydrogen (secondary N) is 1. The molecule has 1 aliphatic rings. The lowest BCUT2D eigenvalue weighted by atomic mass is 10.1. The zero-order valence-electron chi connectivity index (χ0n) is 9.01. The number of hydrogen-bond acceptors (Lipinski definition) is 6. The molecule has 2 N–H and O–H groups in total. The van der Waals surface area contributed by atoms with Gasteiger partial charge in [-0.3, -0.25) is 10.1 Å². The topological polar surface area (TPSA) is 93.9 Å². The lowest BCUT2D eigenvalue weighted by molar-refractivity contribution is -0.385. The van der Waals surface area contributed by atoms with Gasteiger partial charge < -0.3 is 19.9 Å². The highest BCUT2D eigenvalue weighted by molar-refractivity contribution is 5.55. The van der Waals surface area contributed by atoms with Crippen molar-refractivity contribution in [3.05, 3.63) is 27.8 Å². The zero-order chi connectivity index (χ0) is 12.3. The van der Waals surface area contributed by atoms with E-state index in [1.807, 2.05) is 0 Å². The van der Waals surface area contributed by atoms with E-state index >= 15 is 0 Å². The summed E-state index contributed by atoms with van der Waals surface area (Å²) in [6, 6.07) is 2.95. The first-order valence-electron chi connectivity index (χ1n) is 5.11. The Morgan fingerprint density at radius 3 is 2.76 bits per heavy atom. The van der Waals surface area contributed by atoms with Crippen LogP contribution < -0.4 is 14.8 Å². The van der Waals surface area contributed by atoms with Gasteiger partial charge in [0.1, 0.15) is 0 Å². The maximum atomic E-state index is 10.9. The second-order valence-electron chi connectivity index (χ2n) is 3.49. The highest BCUT2D eigenvalue weighted by Crippen LogP contribution is 2.37. The van der Waals surface area contributed by atoms with Gasteiger partial charge in [0.2, 0.25) is 6.79 Å². The maximum absolute atomic E-state index is 10.9. The molecule has 7 nitrogen and oxygen atoms in total. The largest absolute Gasteiger partial charge is 0.454 e. The number of benzene rings is 1. The maximum Gasteiger partial charge on any atom is 0.277 e. The van der Waals surface area contributed by atoms with Gasteiger partial charge in [-0.15, -0.1) is 0 Å². The SMILES string of the molecule is O=[N+]([O-])c1cc2c(cc1CNCCO)OCO2. The van der Waals surface area contributed by atoms with E-state index in [1.54, 1.807) is 6.07 Å². The number of hydrogen-bond donors (Lipinski definition) is 2. The summed E-state index contributed by atoms with van der Waals surface area (Å²) in [5, 5.41) is 22.4. The molecule has 0 aromatic heterocycles. The Morgan fingerprint density at radius 2 is 2.12 bits per heavy atom. The molecule has 0 amide bonds. The van der Waals surface area contributed by atoms with Gasteiger partial charge in [0.25, 0.3) is 5.69 Å². The third-order valence-electron chi connectivity index (χ3n) is 2.37. The van der Waals surface area contributed by atoms with Crippen LogP contribution in [0.15, 0.2) is 12.1 Å². The normalized spacial score (nSPS) is 12.8. The molecular formula is C10H12N2O5. The summed E-state index contributed by atoms with van der Waals surface area (Å²) >= 11 is 0. The van der Waals surface area contributed by atoms with E-state index in [1.165, 1.54) is 6.07 Å². The Hall–Kier alpha value is -1.86. The predicted octanol–water partition coefficient (Wildman–Crippen LogP) is 0.405. The molecular weight excluding hydrogens is 228 g/mol. The molecule has 0 saturated carbocycles. The molecule has 0 aliphatic carbocycles. The number of aliphatic hydroxyl groups excluding tert-OH is 1. The summed E-state index contributed by atoms with van der Waals surface area (Å²) in [4.78, 5) is 10.4. The van der Waals surface area contributed by atoms with Gasteiger partial charge in [0.05, 0.1) is 17.6 Å². The summed E-state index contributed by atoms with van der Waals surface area (Å²) in [7, 11) is 0.